The molecule has 0 spiro atoms. The number of carbonyl (C=O) groups is 1. The summed E-state index contributed by atoms with van der Waals surface area (Å²) in [5.41, 5.74) is -0.664. The SMILES string of the molecule is CCCNS(=O)(=O)c1ccc(OCC(=O)Nc2ccc(C(F)(F)F)cc2)c(Cl)c1. The second kappa shape index (κ2) is 9.47. The van der Waals surface area contributed by atoms with Crippen LogP contribution in [0.1, 0.15) is 18.9 Å². The number of alkyl halides is 3. The molecule has 2 aromatic rings. The second-order valence-electron chi connectivity index (χ2n) is 5.90. The van der Waals surface area contributed by atoms with Crippen LogP contribution in [0, 0.1) is 0 Å². The summed E-state index contributed by atoms with van der Waals surface area (Å²) in [7, 11) is -3.70. The quantitative estimate of drug-likeness (QED) is 0.635. The summed E-state index contributed by atoms with van der Waals surface area (Å²) in [6.07, 6.45) is -3.84. The zero-order valence-corrected chi connectivity index (χ0v) is 16.8. The first kappa shape index (κ1) is 23.0. The van der Waals surface area contributed by atoms with E-state index in [-0.39, 0.29) is 27.9 Å². The molecule has 0 radical (unpaired) electrons. The highest BCUT2D eigenvalue weighted by molar-refractivity contribution is 7.89. The van der Waals surface area contributed by atoms with Gasteiger partial charge < -0.3 is 10.1 Å². The molecule has 0 aromatic heterocycles. The van der Waals surface area contributed by atoms with Crippen molar-refractivity contribution in [1.29, 1.82) is 0 Å². The van der Waals surface area contributed by atoms with Gasteiger partial charge in [-0.25, -0.2) is 13.1 Å². The van der Waals surface area contributed by atoms with Gasteiger partial charge in [0.1, 0.15) is 5.75 Å². The number of halogens is 4. The summed E-state index contributed by atoms with van der Waals surface area (Å²) in [5.74, 6) is -0.536. The van der Waals surface area contributed by atoms with Crippen molar-refractivity contribution in [1.82, 2.24) is 4.72 Å². The molecule has 2 aromatic carbocycles. The molecular weight excluding hydrogens is 433 g/mol. The predicted molar refractivity (Wildman–Crippen MR) is 103 cm³/mol. The topological polar surface area (TPSA) is 84.5 Å². The van der Waals surface area contributed by atoms with Crippen LogP contribution in [0.5, 0.6) is 5.75 Å². The van der Waals surface area contributed by atoms with Crippen LogP contribution in [0.3, 0.4) is 0 Å². The molecule has 0 aliphatic carbocycles. The average Bonchev–Trinajstić information content (AvgIpc) is 2.65. The summed E-state index contributed by atoms with van der Waals surface area (Å²) in [5, 5.41) is 2.38. The molecule has 0 saturated carbocycles. The maximum absolute atomic E-state index is 12.5. The minimum Gasteiger partial charge on any atom is -0.482 e. The highest BCUT2D eigenvalue weighted by atomic mass is 35.5. The molecule has 6 nitrogen and oxygen atoms in total. The predicted octanol–water partition coefficient (Wildman–Crippen LogP) is 4.06. The van der Waals surface area contributed by atoms with Crippen molar-refractivity contribution < 1.29 is 31.1 Å². The Morgan fingerprint density at radius 2 is 1.79 bits per heavy atom. The lowest BCUT2D eigenvalue weighted by Gasteiger charge is -2.11. The Morgan fingerprint density at radius 1 is 1.14 bits per heavy atom. The van der Waals surface area contributed by atoms with E-state index < -0.39 is 34.3 Å². The molecule has 158 valence electrons. The number of carbonyl (C=O) groups excluding carboxylic acids is 1. The molecule has 0 aliphatic rings. The number of hydrogen-bond donors (Lipinski definition) is 2. The number of hydrogen-bond acceptors (Lipinski definition) is 4. The van der Waals surface area contributed by atoms with E-state index in [1.54, 1.807) is 0 Å². The normalized spacial score (nSPS) is 11.9. The van der Waals surface area contributed by atoms with Gasteiger partial charge in [-0.15, -0.1) is 0 Å². The Balaban J connectivity index is 1.96. The molecule has 0 atom stereocenters. The Morgan fingerprint density at radius 3 is 2.34 bits per heavy atom. The highest BCUT2D eigenvalue weighted by Crippen LogP contribution is 2.30. The Labute approximate surface area is 171 Å². The van der Waals surface area contributed by atoms with Crippen LogP contribution < -0.4 is 14.8 Å². The van der Waals surface area contributed by atoms with Crippen molar-refractivity contribution in [2.24, 2.45) is 0 Å². The van der Waals surface area contributed by atoms with E-state index in [1.807, 2.05) is 6.92 Å². The molecule has 29 heavy (non-hydrogen) atoms. The molecule has 0 fully saturated rings. The van der Waals surface area contributed by atoms with Gasteiger partial charge in [-0.2, -0.15) is 13.2 Å². The van der Waals surface area contributed by atoms with Gasteiger partial charge in [-0.05, 0) is 48.9 Å². The molecule has 0 saturated heterocycles. The number of amides is 1. The summed E-state index contributed by atoms with van der Waals surface area (Å²) in [6, 6.07) is 7.73. The summed E-state index contributed by atoms with van der Waals surface area (Å²) in [6.45, 7) is 1.63. The van der Waals surface area contributed by atoms with Crippen molar-refractivity contribution in [3.05, 3.63) is 53.1 Å². The molecule has 11 heteroatoms. The van der Waals surface area contributed by atoms with E-state index in [9.17, 15) is 26.4 Å². The second-order valence-corrected chi connectivity index (χ2v) is 8.08. The number of anilines is 1. The van der Waals surface area contributed by atoms with E-state index in [1.165, 1.54) is 18.2 Å². The van der Waals surface area contributed by atoms with Gasteiger partial charge in [0.05, 0.1) is 15.5 Å². The van der Waals surface area contributed by atoms with Gasteiger partial charge >= 0.3 is 6.18 Å². The fourth-order valence-electron chi connectivity index (χ4n) is 2.17. The van der Waals surface area contributed by atoms with Gasteiger partial charge in [0.25, 0.3) is 5.91 Å². The number of benzene rings is 2. The fraction of sp³-hybridized carbons (Fsp3) is 0.278. The zero-order valence-electron chi connectivity index (χ0n) is 15.2. The Hall–Kier alpha value is -2.30. The lowest BCUT2D eigenvalue weighted by Crippen LogP contribution is -2.24. The third-order valence-corrected chi connectivity index (χ3v) is 5.36. The van der Waals surface area contributed by atoms with E-state index >= 15 is 0 Å². The number of nitrogens with one attached hydrogen (secondary N) is 2. The molecule has 1 amide bonds. The maximum atomic E-state index is 12.5. The Bertz CT molecular complexity index is 964. The van der Waals surface area contributed by atoms with Crippen LogP contribution in [0.4, 0.5) is 18.9 Å². The summed E-state index contributed by atoms with van der Waals surface area (Å²) < 4.78 is 69.4. The minimum atomic E-state index is -4.46. The largest absolute Gasteiger partial charge is 0.482 e. The van der Waals surface area contributed by atoms with Crippen LogP contribution in [0.25, 0.3) is 0 Å². The van der Waals surface area contributed by atoms with E-state index in [2.05, 4.69) is 10.0 Å². The van der Waals surface area contributed by atoms with Crippen molar-refractivity contribution in [3.8, 4) is 5.75 Å². The minimum absolute atomic E-state index is 0.00768. The van der Waals surface area contributed by atoms with Crippen LogP contribution in [-0.4, -0.2) is 27.5 Å². The molecule has 0 aliphatic heterocycles. The van der Waals surface area contributed by atoms with E-state index in [0.29, 0.717) is 6.42 Å². The summed E-state index contributed by atoms with van der Waals surface area (Å²) >= 11 is 6.02. The highest BCUT2D eigenvalue weighted by Gasteiger charge is 2.30. The summed E-state index contributed by atoms with van der Waals surface area (Å²) in [4.78, 5) is 11.9. The van der Waals surface area contributed by atoms with Crippen molar-refractivity contribution in [2.45, 2.75) is 24.4 Å². The smallest absolute Gasteiger partial charge is 0.416 e. The third-order valence-electron chi connectivity index (χ3n) is 3.61. The fourth-order valence-corrected chi connectivity index (χ4v) is 3.63. The standard InChI is InChI=1S/C18H18ClF3N2O4S/c1-2-9-23-29(26,27)14-7-8-16(15(19)10-14)28-11-17(25)24-13-5-3-12(4-6-13)18(20,21)22/h3-8,10,23H,2,9,11H2,1H3,(H,24,25). The molecular formula is C18H18ClF3N2O4S. The number of rotatable bonds is 8. The molecule has 0 heterocycles. The zero-order chi connectivity index (χ0) is 21.7. The average molecular weight is 451 g/mol. The monoisotopic (exact) mass is 450 g/mol. The lowest BCUT2D eigenvalue weighted by atomic mass is 10.2. The van der Waals surface area contributed by atoms with Crippen LogP contribution in [0.15, 0.2) is 47.4 Å². The molecule has 2 N–H and O–H groups in total. The first-order chi connectivity index (χ1) is 13.5. The third kappa shape index (κ3) is 6.62. The maximum Gasteiger partial charge on any atom is 0.416 e. The van der Waals surface area contributed by atoms with Crippen LogP contribution in [-0.2, 0) is 21.0 Å². The van der Waals surface area contributed by atoms with Gasteiger partial charge in [0, 0.05) is 12.2 Å². The molecule has 2 rings (SSSR count). The van der Waals surface area contributed by atoms with Crippen LogP contribution in [0.2, 0.25) is 5.02 Å². The lowest BCUT2D eigenvalue weighted by molar-refractivity contribution is -0.137. The van der Waals surface area contributed by atoms with Gasteiger partial charge in [-0.1, -0.05) is 18.5 Å². The first-order valence-electron chi connectivity index (χ1n) is 8.42. The van der Waals surface area contributed by atoms with E-state index in [4.69, 9.17) is 16.3 Å². The Kier molecular flexibility index (Phi) is 7.50. The number of ether oxygens (including phenoxy) is 1. The van der Waals surface area contributed by atoms with E-state index in [0.717, 1.165) is 24.3 Å². The van der Waals surface area contributed by atoms with Crippen LogP contribution >= 0.6 is 11.6 Å². The van der Waals surface area contributed by atoms with Crippen molar-refractivity contribution in [2.75, 3.05) is 18.5 Å². The van der Waals surface area contributed by atoms with Crippen molar-refractivity contribution in [3.63, 3.8) is 0 Å². The molecule has 0 bridgehead atoms. The molecule has 0 unspecified atom stereocenters. The van der Waals surface area contributed by atoms with Gasteiger partial charge in [-0.3, -0.25) is 4.79 Å². The first-order valence-corrected chi connectivity index (χ1v) is 10.3. The van der Waals surface area contributed by atoms with Gasteiger partial charge in [0.15, 0.2) is 6.61 Å². The van der Waals surface area contributed by atoms with Gasteiger partial charge in [0.2, 0.25) is 10.0 Å². The number of sulfonamides is 1. The van der Waals surface area contributed by atoms with Crippen molar-refractivity contribution >= 4 is 33.2 Å².